The lowest BCUT2D eigenvalue weighted by Gasteiger charge is -2.21. The molecule has 0 heterocycles. The van der Waals surface area contributed by atoms with E-state index in [1.54, 1.807) is 0 Å². The molecule has 0 amide bonds. The molecule has 0 bridgehead atoms. The molecular formula is C23H25O3P. The van der Waals surface area contributed by atoms with E-state index in [-0.39, 0.29) is 11.8 Å². The molecule has 0 saturated carbocycles. The van der Waals surface area contributed by atoms with Gasteiger partial charge < -0.3 is 9.42 Å². The molecule has 3 rings (SSSR count). The van der Waals surface area contributed by atoms with Crippen molar-refractivity contribution >= 4 is 7.60 Å². The average Bonchev–Trinajstić information content (AvgIpc) is 2.67. The first-order chi connectivity index (χ1) is 12.8. The molecule has 0 aromatic heterocycles. The van der Waals surface area contributed by atoms with Crippen LogP contribution >= 0.6 is 7.60 Å². The fraction of sp³-hybridized carbons (Fsp3) is 0.217. The molecule has 27 heavy (non-hydrogen) atoms. The van der Waals surface area contributed by atoms with Crippen LogP contribution in [0.25, 0.3) is 0 Å². The molecule has 0 fully saturated rings. The van der Waals surface area contributed by atoms with E-state index >= 15 is 0 Å². The van der Waals surface area contributed by atoms with Crippen molar-refractivity contribution in [3.63, 3.8) is 0 Å². The first kappa shape index (κ1) is 19.4. The number of hydrogen-bond acceptors (Lipinski definition) is 2. The third-order valence-electron chi connectivity index (χ3n) is 4.87. The number of rotatable bonds is 6. The third kappa shape index (κ3) is 4.88. The maximum absolute atomic E-state index is 11.9. The van der Waals surface area contributed by atoms with Gasteiger partial charge in [0.25, 0.3) is 0 Å². The Morgan fingerprint density at radius 1 is 0.778 bits per heavy atom. The average molecular weight is 380 g/mol. The molecule has 3 nitrogen and oxygen atoms in total. The minimum atomic E-state index is -3.64. The van der Waals surface area contributed by atoms with E-state index < -0.39 is 7.60 Å². The summed E-state index contributed by atoms with van der Waals surface area (Å²) in [5.74, 6) is 0.712. The Morgan fingerprint density at radius 2 is 1.30 bits per heavy atom. The lowest BCUT2D eigenvalue weighted by Crippen LogP contribution is -2.04. The molecule has 3 unspecified atom stereocenters. The zero-order chi connectivity index (χ0) is 19.4. The Balaban J connectivity index is 2.05. The van der Waals surface area contributed by atoms with Gasteiger partial charge in [-0.1, -0.05) is 86.6 Å². The van der Waals surface area contributed by atoms with Crippen molar-refractivity contribution in [2.24, 2.45) is 0 Å². The van der Waals surface area contributed by atoms with Gasteiger partial charge in [0.2, 0.25) is 0 Å². The number of hydrogen-bond donors (Lipinski definition) is 1. The second kappa shape index (κ2) is 8.12. The molecule has 0 spiro atoms. The minimum absolute atomic E-state index is 0.0377. The molecule has 3 atom stereocenters. The largest absolute Gasteiger partial charge is 0.424 e. The molecule has 4 heteroatoms. The summed E-state index contributed by atoms with van der Waals surface area (Å²) in [6, 6.07) is 26.3. The Kier molecular flexibility index (Phi) is 5.84. The summed E-state index contributed by atoms with van der Waals surface area (Å²) in [5, 5.41) is 0. The lowest BCUT2D eigenvalue weighted by molar-refractivity contribution is 0.385. The van der Waals surface area contributed by atoms with Crippen molar-refractivity contribution in [3.05, 3.63) is 101 Å². The highest BCUT2D eigenvalue weighted by Crippen LogP contribution is 2.43. The number of benzene rings is 3. The summed E-state index contributed by atoms with van der Waals surface area (Å²) in [6.07, 6.45) is 0. The van der Waals surface area contributed by atoms with Crippen LogP contribution in [-0.2, 0) is 4.57 Å². The predicted molar refractivity (Wildman–Crippen MR) is 111 cm³/mol. The summed E-state index contributed by atoms with van der Waals surface area (Å²) in [7, 11) is -3.64. The van der Waals surface area contributed by atoms with Gasteiger partial charge in [-0.3, -0.25) is 0 Å². The molecular weight excluding hydrogens is 355 g/mol. The van der Waals surface area contributed by atoms with Gasteiger partial charge in [0.05, 0.1) is 0 Å². The molecule has 3 aromatic carbocycles. The van der Waals surface area contributed by atoms with Gasteiger partial charge in [-0.15, -0.1) is 0 Å². The van der Waals surface area contributed by atoms with E-state index in [9.17, 15) is 9.46 Å². The van der Waals surface area contributed by atoms with Gasteiger partial charge in [-0.05, 0) is 22.8 Å². The predicted octanol–water partition coefficient (Wildman–Crippen LogP) is 6.18. The van der Waals surface area contributed by atoms with E-state index in [2.05, 4.69) is 44.2 Å². The second-order valence-corrected chi connectivity index (χ2v) is 8.74. The van der Waals surface area contributed by atoms with E-state index in [1.807, 2.05) is 48.5 Å². The van der Waals surface area contributed by atoms with Gasteiger partial charge in [0.15, 0.2) is 0 Å². The Hall–Kier alpha value is -2.35. The summed E-state index contributed by atoms with van der Waals surface area (Å²) >= 11 is 0. The Bertz CT molecular complexity index is 932. The lowest BCUT2D eigenvalue weighted by atomic mass is 9.87. The van der Waals surface area contributed by atoms with Crippen LogP contribution in [0.3, 0.4) is 0 Å². The topological polar surface area (TPSA) is 46.5 Å². The molecule has 1 N–H and O–H groups in total. The highest BCUT2D eigenvalue weighted by molar-refractivity contribution is 7.52. The maximum Gasteiger partial charge on any atom is 0.373 e. The minimum Gasteiger partial charge on any atom is -0.424 e. The fourth-order valence-corrected chi connectivity index (χ4v) is 3.83. The van der Waals surface area contributed by atoms with Crippen LogP contribution in [0.1, 0.15) is 47.9 Å². The summed E-state index contributed by atoms with van der Waals surface area (Å²) in [4.78, 5) is 9.74. The summed E-state index contributed by atoms with van der Waals surface area (Å²) in [6.45, 7) is 5.47. The first-order valence-corrected chi connectivity index (χ1v) is 11.1. The Morgan fingerprint density at radius 3 is 1.81 bits per heavy atom. The van der Waals surface area contributed by atoms with Gasteiger partial charge in [0, 0.05) is 24.1 Å². The zero-order valence-corrected chi connectivity index (χ0v) is 16.8. The van der Waals surface area contributed by atoms with Crippen LogP contribution in [0, 0.1) is 0 Å². The standard InChI is InChI=1S/C23H25O3P/c1-17(19-10-6-4-7-11-19)21-14-15-23(26-27(3,24)25)22(16-21)18(2)20-12-8-5-9-13-20/h4-18H,1-3H3,(H,24,25). The molecule has 0 aliphatic heterocycles. The van der Waals surface area contributed by atoms with Crippen molar-refractivity contribution in [3.8, 4) is 5.75 Å². The van der Waals surface area contributed by atoms with Gasteiger partial charge in [-0.25, -0.2) is 4.57 Å². The van der Waals surface area contributed by atoms with Crippen LogP contribution in [0.4, 0.5) is 0 Å². The van der Waals surface area contributed by atoms with Crippen molar-refractivity contribution in [1.29, 1.82) is 0 Å². The van der Waals surface area contributed by atoms with Crippen LogP contribution in [-0.4, -0.2) is 11.6 Å². The van der Waals surface area contributed by atoms with Crippen molar-refractivity contribution in [2.45, 2.75) is 25.7 Å². The SMILES string of the molecule is CC(c1ccccc1)c1ccc(OP(C)(=O)O)c(C(C)c2ccccc2)c1. The third-order valence-corrected chi connectivity index (χ3v) is 5.40. The molecule has 0 radical (unpaired) electrons. The summed E-state index contributed by atoms with van der Waals surface area (Å²) in [5.41, 5.74) is 4.43. The van der Waals surface area contributed by atoms with E-state index in [1.165, 1.54) is 12.2 Å². The smallest absolute Gasteiger partial charge is 0.373 e. The molecule has 0 saturated heterocycles. The van der Waals surface area contributed by atoms with Crippen LogP contribution in [0.2, 0.25) is 0 Å². The molecule has 0 aliphatic carbocycles. The van der Waals surface area contributed by atoms with Crippen LogP contribution in [0.5, 0.6) is 5.75 Å². The van der Waals surface area contributed by atoms with E-state index in [0.29, 0.717) is 5.75 Å². The normalized spacial score (nSPS) is 15.6. The summed E-state index contributed by atoms with van der Waals surface area (Å²) < 4.78 is 17.3. The molecule has 3 aromatic rings. The maximum atomic E-state index is 11.9. The van der Waals surface area contributed by atoms with Crippen molar-refractivity contribution < 1.29 is 14.0 Å². The van der Waals surface area contributed by atoms with E-state index in [4.69, 9.17) is 4.52 Å². The molecule has 0 aliphatic rings. The first-order valence-electron chi connectivity index (χ1n) is 9.09. The highest BCUT2D eigenvalue weighted by atomic mass is 31.2. The Labute approximate surface area is 161 Å². The monoisotopic (exact) mass is 380 g/mol. The second-order valence-electron chi connectivity index (χ2n) is 6.96. The van der Waals surface area contributed by atoms with E-state index in [0.717, 1.165) is 16.7 Å². The molecule has 140 valence electrons. The van der Waals surface area contributed by atoms with Crippen molar-refractivity contribution in [2.75, 3.05) is 6.66 Å². The zero-order valence-electron chi connectivity index (χ0n) is 15.9. The highest BCUT2D eigenvalue weighted by Gasteiger charge is 2.21. The van der Waals surface area contributed by atoms with Gasteiger partial charge >= 0.3 is 7.60 Å². The van der Waals surface area contributed by atoms with Gasteiger partial charge in [0.1, 0.15) is 5.75 Å². The van der Waals surface area contributed by atoms with Crippen molar-refractivity contribution in [1.82, 2.24) is 0 Å². The van der Waals surface area contributed by atoms with Gasteiger partial charge in [-0.2, -0.15) is 0 Å². The quantitative estimate of drug-likeness (QED) is 0.519. The van der Waals surface area contributed by atoms with Crippen LogP contribution < -0.4 is 4.52 Å². The van der Waals surface area contributed by atoms with Crippen LogP contribution in [0.15, 0.2) is 78.9 Å². The fourth-order valence-electron chi connectivity index (χ4n) is 3.30.